The van der Waals surface area contributed by atoms with Crippen LogP contribution in [-0.2, 0) is 26.2 Å². The predicted molar refractivity (Wildman–Crippen MR) is 219 cm³/mol. The number of aliphatic hydroxyl groups excluding tert-OH is 4. The Morgan fingerprint density at radius 1 is 1.02 bits per heavy atom. The van der Waals surface area contributed by atoms with E-state index in [-0.39, 0.29) is 17.4 Å². The molecule has 4 heterocycles. The zero-order valence-corrected chi connectivity index (χ0v) is 33.0. The molecule has 0 bridgehead atoms. The third-order valence-electron chi connectivity index (χ3n) is 13.0. The van der Waals surface area contributed by atoms with Crippen LogP contribution in [0.4, 0.5) is 11.4 Å². The van der Waals surface area contributed by atoms with E-state index in [1.165, 1.54) is 30.4 Å². The first-order chi connectivity index (χ1) is 28.8. The van der Waals surface area contributed by atoms with Gasteiger partial charge in [-0.1, -0.05) is 44.0 Å². The average molecular weight is 827 g/mol. The fraction of sp³-hybridized carbons (Fsp3) is 0.455. The summed E-state index contributed by atoms with van der Waals surface area (Å²) in [4.78, 5) is 38.1. The molecule has 1 saturated heterocycles. The van der Waals surface area contributed by atoms with Gasteiger partial charge >= 0.3 is 11.9 Å². The van der Waals surface area contributed by atoms with Gasteiger partial charge in [-0.25, -0.2) is 4.79 Å². The number of carbonyl (C=O) groups excluding carboxylic acids is 1. The van der Waals surface area contributed by atoms with Gasteiger partial charge in [0.25, 0.3) is 5.91 Å². The van der Waals surface area contributed by atoms with Crippen LogP contribution < -0.4 is 15.0 Å². The monoisotopic (exact) mass is 826 g/mol. The molecule has 0 radical (unpaired) electrons. The van der Waals surface area contributed by atoms with Crippen LogP contribution in [0, 0.1) is 5.92 Å². The van der Waals surface area contributed by atoms with Crippen molar-refractivity contribution in [1.82, 2.24) is 0 Å². The Morgan fingerprint density at radius 2 is 1.80 bits per heavy atom. The highest BCUT2D eigenvalue weighted by Gasteiger charge is 2.57. The minimum atomic E-state index is -3.10. The standard InChI is InChI=1S/C44H50N4O12/c1-2-29-31(47-22-46-29)16-24-15-23(10-12-33(24)50)11-13-37(52)48-32-18-35(59-44(58)41(55)40(54)39(53)36(21-49)60-44)34(51)17-26(32)27(38(48)42(56)57)19-43-14-6-5-7-25(43)20-45-30-9-4-3-8-28(30)43/h3-4,8-13,15,17-18,25,27,36,38-41,45,49-51,53-55,58H,2,5-7,14,16,19-22H2,1H3,(H,56,57)/t25-,27+,36+,38+,39+,40-,41+,43+,44+/m0/s1. The molecule has 2 fully saturated rings. The molecule has 3 aromatic carbocycles. The van der Waals surface area contributed by atoms with Crippen LogP contribution in [-0.4, -0.2) is 120 Å². The lowest BCUT2D eigenvalue weighted by Crippen LogP contribution is -2.67. The Kier molecular flexibility index (Phi) is 11.2. The van der Waals surface area contributed by atoms with Gasteiger partial charge in [0.15, 0.2) is 17.6 Å². The first-order valence-electron chi connectivity index (χ1n) is 20.4. The molecule has 8 rings (SSSR count). The van der Waals surface area contributed by atoms with Crippen molar-refractivity contribution in [3.63, 3.8) is 0 Å². The van der Waals surface area contributed by atoms with E-state index in [1.807, 2.05) is 25.1 Å². The predicted octanol–water partition coefficient (Wildman–Crippen LogP) is 2.94. The highest BCUT2D eigenvalue weighted by Crippen LogP contribution is 2.58. The number of phenolic OH excluding ortho intramolecular Hbond substituents is 2. The van der Waals surface area contributed by atoms with Gasteiger partial charge < -0.3 is 55.6 Å². The number of ether oxygens (including phenoxy) is 2. The van der Waals surface area contributed by atoms with Crippen molar-refractivity contribution in [3.8, 4) is 17.2 Å². The fourth-order valence-electron chi connectivity index (χ4n) is 9.97. The summed E-state index contributed by atoms with van der Waals surface area (Å²) in [6.07, 6.45) is -0.0517. The summed E-state index contributed by atoms with van der Waals surface area (Å²) in [6, 6.07) is 13.8. The van der Waals surface area contributed by atoms with Crippen LogP contribution in [0.25, 0.3) is 6.08 Å². The van der Waals surface area contributed by atoms with E-state index in [0.717, 1.165) is 53.3 Å². The Bertz CT molecular complexity index is 2260. The average Bonchev–Trinajstić information content (AvgIpc) is 3.83. The molecular weight excluding hydrogens is 776 g/mol. The molecule has 0 aromatic heterocycles. The number of hydrogen-bond donors (Lipinski definition) is 9. The van der Waals surface area contributed by atoms with Crippen molar-refractivity contribution in [2.45, 2.75) is 99.6 Å². The van der Waals surface area contributed by atoms with E-state index in [4.69, 9.17) is 9.47 Å². The van der Waals surface area contributed by atoms with Crippen LogP contribution in [0.1, 0.15) is 73.6 Å². The van der Waals surface area contributed by atoms with Crippen LogP contribution >= 0.6 is 0 Å². The molecule has 318 valence electrons. The van der Waals surface area contributed by atoms with Gasteiger partial charge in [0.1, 0.15) is 36.8 Å². The van der Waals surface area contributed by atoms with Gasteiger partial charge in [0.05, 0.1) is 23.7 Å². The van der Waals surface area contributed by atoms with Gasteiger partial charge in [-0.05, 0) is 78.6 Å². The van der Waals surface area contributed by atoms with Crippen molar-refractivity contribution < 1.29 is 59.9 Å². The van der Waals surface area contributed by atoms with Gasteiger partial charge in [-0.2, -0.15) is 0 Å². The van der Waals surface area contributed by atoms with E-state index >= 15 is 0 Å². The first kappa shape index (κ1) is 41.4. The lowest BCUT2D eigenvalue weighted by molar-refractivity contribution is -0.422. The molecule has 0 unspecified atom stereocenters. The lowest BCUT2D eigenvalue weighted by atomic mass is 9.56. The molecule has 16 nitrogen and oxygen atoms in total. The highest BCUT2D eigenvalue weighted by atomic mass is 16.8. The molecule has 60 heavy (non-hydrogen) atoms. The van der Waals surface area contributed by atoms with Crippen LogP contribution in [0.15, 0.2) is 70.7 Å². The SMILES string of the molecule is CCC1=NCN=C1Cc1cc(C=CC(=O)N2c3cc(O[C@@]4(O)O[C@H](CO)[C@@H](O)[C@H](O)[C@H]4O)c(O)cc3[C@@H](C[C@]34CCCC[C@H]3CNc3ccccc34)[C@@H]2C(=O)O)ccc1O. The number of aliphatic imine (C=N–C) groups is 2. The second kappa shape index (κ2) is 16.2. The smallest absolute Gasteiger partial charge is 0.355 e. The number of nitrogens with one attached hydrogen (secondary N) is 1. The van der Waals surface area contributed by atoms with Crippen molar-refractivity contribution in [2.24, 2.45) is 15.9 Å². The summed E-state index contributed by atoms with van der Waals surface area (Å²) in [5, 5.41) is 89.4. The first-order valence-corrected chi connectivity index (χ1v) is 20.4. The van der Waals surface area contributed by atoms with E-state index in [0.29, 0.717) is 49.2 Å². The summed E-state index contributed by atoms with van der Waals surface area (Å²) in [7, 11) is 0. The second-order valence-corrected chi connectivity index (χ2v) is 16.3. The second-order valence-electron chi connectivity index (χ2n) is 16.3. The number of fused-ring (bicyclic) bond motifs is 4. The van der Waals surface area contributed by atoms with Crippen LogP contribution in [0.3, 0.4) is 0 Å². The maximum absolute atomic E-state index is 14.6. The maximum atomic E-state index is 14.6. The summed E-state index contributed by atoms with van der Waals surface area (Å²) in [5.74, 6) is -6.92. The number of aliphatic hydroxyl groups is 5. The molecule has 16 heteroatoms. The van der Waals surface area contributed by atoms with Gasteiger partial charge in [-0.15, -0.1) is 0 Å². The number of aromatic hydroxyl groups is 2. The number of carbonyl (C=O) groups is 2. The fourth-order valence-corrected chi connectivity index (χ4v) is 9.97. The van der Waals surface area contributed by atoms with Gasteiger partial charge in [0.2, 0.25) is 0 Å². The third-order valence-corrected chi connectivity index (χ3v) is 13.0. The summed E-state index contributed by atoms with van der Waals surface area (Å²) >= 11 is 0. The third kappa shape index (κ3) is 7.20. The molecular formula is C44H50N4O12. The topological polar surface area (TPSA) is 254 Å². The number of aliphatic carboxylic acids is 1. The van der Waals surface area contributed by atoms with E-state index in [9.17, 15) is 50.4 Å². The summed E-state index contributed by atoms with van der Waals surface area (Å²) in [5.41, 5.74) is 4.66. The summed E-state index contributed by atoms with van der Waals surface area (Å²) in [6.45, 7) is 2.10. The molecule has 9 N–H and O–H groups in total. The Hall–Kier alpha value is -5.36. The zero-order chi connectivity index (χ0) is 42.5. The Balaban J connectivity index is 1.20. The number of benzene rings is 3. The number of carboxylic acid groups (broad SMARTS) is 1. The molecule has 3 aromatic rings. The molecule has 5 aliphatic rings. The number of nitrogens with zero attached hydrogens (tertiary/aromatic N) is 3. The Morgan fingerprint density at radius 3 is 2.57 bits per heavy atom. The van der Waals surface area contributed by atoms with Crippen molar-refractivity contribution in [1.29, 1.82) is 0 Å². The quantitative estimate of drug-likeness (QED) is 0.0998. The normalized spacial score (nSPS) is 30.8. The van der Waals surface area contributed by atoms with Gasteiger partial charge in [0, 0.05) is 47.7 Å². The molecule has 0 spiro atoms. The number of carboxylic acids is 1. The zero-order valence-electron chi connectivity index (χ0n) is 33.0. The van der Waals surface area contributed by atoms with Crippen LogP contribution in [0.2, 0.25) is 0 Å². The van der Waals surface area contributed by atoms with Gasteiger partial charge in [-0.3, -0.25) is 19.7 Å². The minimum Gasteiger partial charge on any atom is -0.508 e. The van der Waals surface area contributed by atoms with E-state index in [2.05, 4.69) is 21.4 Å². The van der Waals surface area contributed by atoms with E-state index in [1.54, 1.807) is 12.1 Å². The lowest BCUT2D eigenvalue weighted by Gasteiger charge is -2.50. The molecule has 9 atom stereocenters. The van der Waals surface area contributed by atoms with Crippen molar-refractivity contribution in [2.75, 3.05) is 30.0 Å². The largest absolute Gasteiger partial charge is 0.508 e. The summed E-state index contributed by atoms with van der Waals surface area (Å²) < 4.78 is 10.9. The molecule has 1 amide bonds. The van der Waals surface area contributed by atoms with Crippen molar-refractivity contribution in [3.05, 3.63) is 82.9 Å². The number of hydrogen-bond acceptors (Lipinski definition) is 14. The highest BCUT2D eigenvalue weighted by molar-refractivity contribution is 6.43. The maximum Gasteiger partial charge on any atom is 0.355 e. The van der Waals surface area contributed by atoms with Crippen LogP contribution in [0.5, 0.6) is 17.2 Å². The number of phenols is 2. The number of para-hydroxylation sites is 1. The minimum absolute atomic E-state index is 0.0408. The number of anilines is 2. The number of rotatable bonds is 11. The molecule has 1 saturated carbocycles. The number of amides is 1. The van der Waals surface area contributed by atoms with Crippen molar-refractivity contribution >= 4 is 40.8 Å². The molecule has 4 aliphatic heterocycles. The molecule has 1 aliphatic carbocycles. The van der Waals surface area contributed by atoms with E-state index < -0.39 is 77.7 Å². The Labute approximate surface area is 345 Å².